The Bertz CT molecular complexity index is 766. The van der Waals surface area contributed by atoms with Crippen LogP contribution in [-0.2, 0) is 17.9 Å². The van der Waals surface area contributed by atoms with Crippen LogP contribution in [0.5, 0.6) is 0 Å². The van der Waals surface area contributed by atoms with Crippen molar-refractivity contribution in [2.24, 2.45) is 5.92 Å². The van der Waals surface area contributed by atoms with Crippen LogP contribution in [0.15, 0.2) is 53.3 Å². The van der Waals surface area contributed by atoms with Crippen molar-refractivity contribution in [1.29, 1.82) is 0 Å². The van der Waals surface area contributed by atoms with Gasteiger partial charge in [-0.3, -0.25) is 9.59 Å². The van der Waals surface area contributed by atoms with Crippen molar-refractivity contribution in [3.8, 4) is 0 Å². The van der Waals surface area contributed by atoms with E-state index in [-0.39, 0.29) is 17.4 Å². The molecule has 0 spiro atoms. The molecule has 0 saturated carbocycles. The number of piperidine rings is 1. The van der Waals surface area contributed by atoms with Crippen molar-refractivity contribution < 1.29 is 4.79 Å². The van der Waals surface area contributed by atoms with Gasteiger partial charge < -0.3 is 9.47 Å². The lowest BCUT2D eigenvalue weighted by molar-refractivity contribution is -0.139. The largest absolute Gasteiger partial charge is 0.337 e. The normalized spacial score (nSPS) is 23.3. The number of amides is 1. The third-order valence-corrected chi connectivity index (χ3v) is 4.75. The summed E-state index contributed by atoms with van der Waals surface area (Å²) in [6.07, 6.45) is 0.869. The first kappa shape index (κ1) is 13.3. The van der Waals surface area contributed by atoms with Crippen molar-refractivity contribution in [2.45, 2.75) is 25.4 Å². The first-order valence-corrected chi connectivity index (χ1v) is 7.75. The first-order valence-electron chi connectivity index (χ1n) is 7.75. The van der Waals surface area contributed by atoms with Crippen LogP contribution in [0.3, 0.4) is 0 Å². The molecule has 2 bridgehead atoms. The molecule has 112 valence electrons. The summed E-state index contributed by atoms with van der Waals surface area (Å²) < 4.78 is 1.79. The molecule has 2 unspecified atom stereocenters. The van der Waals surface area contributed by atoms with Crippen LogP contribution in [0.4, 0.5) is 0 Å². The van der Waals surface area contributed by atoms with E-state index in [1.165, 1.54) is 0 Å². The lowest BCUT2D eigenvalue weighted by Gasteiger charge is -2.42. The first-order chi connectivity index (χ1) is 10.7. The number of benzene rings is 1. The van der Waals surface area contributed by atoms with Crippen molar-refractivity contribution in [1.82, 2.24) is 9.47 Å². The molecule has 1 saturated heterocycles. The second kappa shape index (κ2) is 5.13. The van der Waals surface area contributed by atoms with Gasteiger partial charge in [0.2, 0.25) is 5.91 Å². The zero-order valence-corrected chi connectivity index (χ0v) is 12.3. The molecule has 4 heteroatoms. The molecule has 0 radical (unpaired) electrons. The zero-order chi connectivity index (χ0) is 15.1. The van der Waals surface area contributed by atoms with E-state index in [1.807, 2.05) is 29.2 Å². The average Bonchev–Trinajstić information content (AvgIpc) is 2.54. The van der Waals surface area contributed by atoms with Crippen molar-refractivity contribution in [3.05, 3.63) is 70.1 Å². The standard InChI is InChI=1S/C18H18N2O2/c21-17-8-4-7-16-15-9-14(12-20(16)17)11-19(18(15)22)10-13-5-2-1-3-6-13/h1-8,14-15H,9-12H2. The Hall–Kier alpha value is -2.36. The Morgan fingerprint density at radius 3 is 2.59 bits per heavy atom. The number of hydrogen-bond acceptors (Lipinski definition) is 2. The van der Waals surface area contributed by atoms with E-state index in [0.29, 0.717) is 12.5 Å². The summed E-state index contributed by atoms with van der Waals surface area (Å²) in [4.78, 5) is 26.8. The highest BCUT2D eigenvalue weighted by molar-refractivity contribution is 5.84. The van der Waals surface area contributed by atoms with E-state index in [4.69, 9.17) is 0 Å². The van der Waals surface area contributed by atoms with Gasteiger partial charge in [0, 0.05) is 31.4 Å². The number of aromatic nitrogens is 1. The monoisotopic (exact) mass is 294 g/mol. The van der Waals surface area contributed by atoms with Gasteiger partial charge in [0.25, 0.3) is 5.56 Å². The van der Waals surface area contributed by atoms with Gasteiger partial charge >= 0.3 is 0 Å². The smallest absolute Gasteiger partial charge is 0.250 e. The maximum Gasteiger partial charge on any atom is 0.250 e. The summed E-state index contributed by atoms with van der Waals surface area (Å²) in [5.74, 6) is 0.364. The predicted octanol–water partition coefficient (Wildman–Crippen LogP) is 1.99. The molecule has 3 heterocycles. The molecule has 2 aromatic rings. The van der Waals surface area contributed by atoms with Crippen molar-refractivity contribution >= 4 is 5.91 Å². The Balaban J connectivity index is 1.66. The van der Waals surface area contributed by atoms with Gasteiger partial charge in [0.15, 0.2) is 0 Å². The van der Waals surface area contributed by atoms with E-state index < -0.39 is 0 Å². The SMILES string of the molecule is O=C1C2CC(CN1Cc1ccccc1)Cn1c2cccc1=O. The van der Waals surface area contributed by atoms with E-state index >= 15 is 0 Å². The van der Waals surface area contributed by atoms with Crippen LogP contribution in [0.25, 0.3) is 0 Å². The summed E-state index contributed by atoms with van der Waals surface area (Å²) in [5, 5.41) is 0. The highest BCUT2D eigenvalue weighted by Crippen LogP contribution is 2.36. The summed E-state index contributed by atoms with van der Waals surface area (Å²) in [7, 11) is 0. The molecule has 0 aliphatic carbocycles. The molecule has 0 N–H and O–H groups in total. The Morgan fingerprint density at radius 2 is 1.77 bits per heavy atom. The highest BCUT2D eigenvalue weighted by atomic mass is 16.2. The van der Waals surface area contributed by atoms with Crippen LogP contribution in [0.2, 0.25) is 0 Å². The molecule has 1 aromatic heterocycles. The lowest BCUT2D eigenvalue weighted by Crippen LogP contribution is -2.50. The zero-order valence-electron chi connectivity index (χ0n) is 12.3. The molecule has 22 heavy (non-hydrogen) atoms. The lowest BCUT2D eigenvalue weighted by atomic mass is 9.82. The number of likely N-dealkylation sites (tertiary alicyclic amines) is 1. The van der Waals surface area contributed by atoms with Crippen LogP contribution in [-0.4, -0.2) is 21.9 Å². The second-order valence-corrected chi connectivity index (χ2v) is 6.26. The van der Waals surface area contributed by atoms with Crippen molar-refractivity contribution in [3.63, 3.8) is 0 Å². The van der Waals surface area contributed by atoms with E-state index in [1.54, 1.807) is 16.7 Å². The molecule has 1 aromatic carbocycles. The fourth-order valence-electron chi connectivity index (χ4n) is 3.75. The minimum atomic E-state index is -0.162. The molecular weight excluding hydrogens is 276 g/mol. The van der Waals surface area contributed by atoms with Gasteiger partial charge in [-0.05, 0) is 24.0 Å². The minimum absolute atomic E-state index is 0.0107. The molecule has 4 rings (SSSR count). The van der Waals surface area contributed by atoms with Crippen molar-refractivity contribution in [2.75, 3.05) is 6.54 Å². The van der Waals surface area contributed by atoms with E-state index in [2.05, 4.69) is 12.1 Å². The topological polar surface area (TPSA) is 42.3 Å². The summed E-state index contributed by atoms with van der Waals surface area (Å²) >= 11 is 0. The average molecular weight is 294 g/mol. The maximum atomic E-state index is 12.8. The number of carbonyl (C=O) groups is 1. The van der Waals surface area contributed by atoms with Gasteiger partial charge in [-0.1, -0.05) is 36.4 Å². The Kier molecular flexibility index (Phi) is 3.10. The highest BCUT2D eigenvalue weighted by Gasteiger charge is 2.40. The van der Waals surface area contributed by atoms with Gasteiger partial charge in [0.1, 0.15) is 0 Å². The molecule has 2 aliphatic heterocycles. The second-order valence-electron chi connectivity index (χ2n) is 6.26. The third-order valence-electron chi connectivity index (χ3n) is 4.75. The number of hydrogen-bond donors (Lipinski definition) is 0. The van der Waals surface area contributed by atoms with Crippen LogP contribution >= 0.6 is 0 Å². The number of fused-ring (bicyclic) bond motifs is 4. The quantitative estimate of drug-likeness (QED) is 0.850. The molecule has 1 fully saturated rings. The van der Waals surface area contributed by atoms with Gasteiger partial charge in [-0.2, -0.15) is 0 Å². The van der Waals surface area contributed by atoms with Gasteiger partial charge in [0.05, 0.1) is 5.92 Å². The summed E-state index contributed by atoms with van der Waals surface area (Å²) in [5.41, 5.74) is 2.05. The van der Waals surface area contributed by atoms with E-state index in [9.17, 15) is 9.59 Å². The Labute approximate surface area is 129 Å². The molecule has 1 amide bonds. The molecule has 2 atom stereocenters. The van der Waals surface area contributed by atoms with Gasteiger partial charge in [-0.15, -0.1) is 0 Å². The fraction of sp³-hybridized carbons (Fsp3) is 0.333. The minimum Gasteiger partial charge on any atom is -0.337 e. The van der Waals surface area contributed by atoms with Crippen LogP contribution in [0, 0.1) is 5.92 Å². The third kappa shape index (κ3) is 2.15. The number of nitrogens with zero attached hydrogens (tertiary/aromatic N) is 2. The number of pyridine rings is 1. The predicted molar refractivity (Wildman–Crippen MR) is 83.4 cm³/mol. The maximum absolute atomic E-state index is 12.8. The van der Waals surface area contributed by atoms with Crippen LogP contribution < -0.4 is 5.56 Å². The Morgan fingerprint density at radius 1 is 0.955 bits per heavy atom. The van der Waals surface area contributed by atoms with Crippen LogP contribution in [0.1, 0.15) is 23.6 Å². The van der Waals surface area contributed by atoms with E-state index in [0.717, 1.165) is 30.8 Å². The number of carbonyl (C=O) groups excluding carboxylic acids is 1. The van der Waals surface area contributed by atoms with Gasteiger partial charge in [-0.25, -0.2) is 0 Å². The number of rotatable bonds is 2. The molecular formula is C18H18N2O2. The fourth-order valence-corrected chi connectivity index (χ4v) is 3.75. The molecule has 2 aliphatic rings. The molecule has 4 nitrogen and oxygen atoms in total. The summed E-state index contributed by atoms with van der Waals surface area (Å²) in [6, 6.07) is 15.4. The summed E-state index contributed by atoms with van der Waals surface area (Å²) in [6.45, 7) is 2.12.